The molecule has 6 rings (SSSR count). The number of nitrogens with zero attached hydrogens (tertiary/aromatic N) is 2. The molecule has 4 nitrogen and oxygen atoms in total. The van der Waals surface area contributed by atoms with E-state index in [2.05, 4.69) is 62.6 Å². The van der Waals surface area contributed by atoms with Gasteiger partial charge in [-0.1, -0.05) is 88.4 Å². The van der Waals surface area contributed by atoms with Gasteiger partial charge >= 0.3 is 0 Å². The van der Waals surface area contributed by atoms with Crippen molar-refractivity contribution in [3.05, 3.63) is 83.9 Å². The molecule has 0 aliphatic rings. The van der Waals surface area contributed by atoms with Crippen LogP contribution < -0.4 is 0 Å². The van der Waals surface area contributed by atoms with Crippen molar-refractivity contribution in [3.63, 3.8) is 0 Å². The van der Waals surface area contributed by atoms with E-state index in [1.54, 1.807) is 0 Å². The monoisotopic (exact) mass is 434 g/mol. The third-order valence-corrected chi connectivity index (χ3v) is 6.41. The van der Waals surface area contributed by atoms with Crippen LogP contribution in [0, 0.1) is 0 Å². The molecule has 33 heavy (non-hydrogen) atoms. The van der Waals surface area contributed by atoms with Crippen LogP contribution in [0.3, 0.4) is 0 Å². The van der Waals surface area contributed by atoms with Crippen molar-refractivity contribution in [2.75, 3.05) is 0 Å². The highest BCUT2D eigenvalue weighted by molar-refractivity contribution is 6.11. The molecular formula is C29H26N2O2. The van der Waals surface area contributed by atoms with Gasteiger partial charge in [-0.15, -0.1) is 0 Å². The molecule has 0 unspecified atom stereocenters. The highest BCUT2D eigenvalue weighted by Gasteiger charge is 2.27. The summed E-state index contributed by atoms with van der Waals surface area (Å²) in [6, 6.07) is 24.9. The van der Waals surface area contributed by atoms with Gasteiger partial charge in [0.05, 0.1) is 11.1 Å². The van der Waals surface area contributed by atoms with Crippen LogP contribution in [0.4, 0.5) is 0 Å². The van der Waals surface area contributed by atoms with Gasteiger partial charge in [0.1, 0.15) is 11.4 Å². The van der Waals surface area contributed by atoms with Crippen LogP contribution in [-0.2, 0) is 0 Å². The molecule has 0 radical (unpaired) electrons. The Morgan fingerprint density at radius 2 is 1.36 bits per heavy atom. The van der Waals surface area contributed by atoms with Gasteiger partial charge in [0.2, 0.25) is 5.71 Å². The van der Waals surface area contributed by atoms with Gasteiger partial charge < -0.3 is 8.83 Å². The van der Waals surface area contributed by atoms with E-state index in [0.717, 1.165) is 39.0 Å². The molecule has 0 amide bonds. The van der Waals surface area contributed by atoms with Crippen LogP contribution in [0.2, 0.25) is 0 Å². The summed E-state index contributed by atoms with van der Waals surface area (Å²) >= 11 is 0. The minimum atomic E-state index is 0.345. The second-order valence-electron chi connectivity index (χ2n) is 9.24. The van der Waals surface area contributed by atoms with Crippen molar-refractivity contribution in [2.24, 2.45) is 0 Å². The molecule has 3 aromatic heterocycles. The van der Waals surface area contributed by atoms with Crippen molar-refractivity contribution >= 4 is 33.4 Å². The molecule has 0 aliphatic heterocycles. The zero-order chi connectivity index (χ0) is 22.7. The third kappa shape index (κ3) is 2.94. The lowest BCUT2D eigenvalue weighted by Gasteiger charge is -2.22. The zero-order valence-corrected chi connectivity index (χ0v) is 19.3. The number of hydrogen-bond acceptors (Lipinski definition) is 3. The molecule has 0 saturated heterocycles. The minimum Gasteiger partial charge on any atom is -0.450 e. The summed E-state index contributed by atoms with van der Waals surface area (Å²) in [6.45, 7) is 8.97. The van der Waals surface area contributed by atoms with E-state index in [1.807, 2.05) is 42.5 Å². The van der Waals surface area contributed by atoms with E-state index in [4.69, 9.17) is 13.8 Å². The molecule has 164 valence electrons. The number of fused-ring (bicyclic) bond motifs is 5. The second-order valence-corrected chi connectivity index (χ2v) is 9.24. The van der Waals surface area contributed by atoms with Gasteiger partial charge in [0, 0.05) is 5.56 Å². The van der Waals surface area contributed by atoms with Crippen molar-refractivity contribution in [1.82, 2.24) is 9.55 Å². The van der Waals surface area contributed by atoms with Gasteiger partial charge in [-0.3, -0.25) is 4.57 Å². The fraction of sp³-hybridized carbons (Fsp3) is 0.207. The smallest absolute Gasteiger partial charge is 0.250 e. The number of benzene rings is 3. The predicted octanol–water partition coefficient (Wildman–Crippen LogP) is 8.43. The highest BCUT2D eigenvalue weighted by atomic mass is 16.4. The number of furan rings is 2. The van der Waals surface area contributed by atoms with E-state index in [0.29, 0.717) is 17.5 Å². The lowest BCUT2D eigenvalue weighted by molar-refractivity contribution is 0.645. The molecule has 0 N–H and O–H groups in total. The van der Waals surface area contributed by atoms with E-state index in [1.165, 1.54) is 16.8 Å². The first kappa shape index (κ1) is 19.9. The van der Waals surface area contributed by atoms with E-state index in [-0.39, 0.29) is 0 Å². The van der Waals surface area contributed by atoms with E-state index < -0.39 is 0 Å². The molecule has 4 heteroatoms. The number of hydrogen-bond donors (Lipinski definition) is 0. The Bertz CT molecular complexity index is 1590. The normalized spacial score (nSPS) is 12.2. The van der Waals surface area contributed by atoms with Crippen molar-refractivity contribution in [1.29, 1.82) is 0 Å². The summed E-state index contributed by atoms with van der Waals surface area (Å²) in [5.41, 5.74) is 8.58. The number of para-hydroxylation sites is 2. The average molecular weight is 435 g/mol. The molecule has 0 aliphatic carbocycles. The second kappa shape index (κ2) is 7.38. The average Bonchev–Trinajstić information content (AvgIpc) is 3.47. The van der Waals surface area contributed by atoms with Crippen LogP contribution in [0.15, 0.2) is 81.6 Å². The van der Waals surface area contributed by atoms with Crippen LogP contribution in [0.25, 0.3) is 50.4 Å². The van der Waals surface area contributed by atoms with Crippen molar-refractivity contribution in [2.45, 2.75) is 39.5 Å². The Hall–Kier alpha value is -3.79. The number of imidazole rings is 1. The Balaban J connectivity index is 1.82. The molecule has 0 fully saturated rings. The van der Waals surface area contributed by atoms with Crippen LogP contribution in [0.1, 0.15) is 50.7 Å². The van der Waals surface area contributed by atoms with Crippen molar-refractivity contribution < 1.29 is 8.83 Å². The van der Waals surface area contributed by atoms with Gasteiger partial charge in [0.25, 0.3) is 0 Å². The zero-order valence-electron chi connectivity index (χ0n) is 19.3. The maximum atomic E-state index is 6.36. The quantitative estimate of drug-likeness (QED) is 0.280. The molecule has 0 bridgehead atoms. The maximum absolute atomic E-state index is 6.36. The first-order valence-electron chi connectivity index (χ1n) is 11.6. The third-order valence-electron chi connectivity index (χ3n) is 6.41. The lowest BCUT2D eigenvalue weighted by atomic mass is 9.92. The molecule has 0 spiro atoms. The summed E-state index contributed by atoms with van der Waals surface area (Å²) < 4.78 is 15.0. The largest absolute Gasteiger partial charge is 0.450 e. The van der Waals surface area contributed by atoms with Crippen LogP contribution >= 0.6 is 0 Å². The molecule has 3 aromatic carbocycles. The Morgan fingerprint density at radius 3 is 2.06 bits per heavy atom. The first-order valence-corrected chi connectivity index (χ1v) is 11.6. The molecule has 6 aromatic rings. The number of aromatic nitrogens is 2. The van der Waals surface area contributed by atoms with Gasteiger partial charge in [-0.05, 0) is 35.1 Å². The maximum Gasteiger partial charge on any atom is 0.250 e. The summed E-state index contributed by atoms with van der Waals surface area (Å²) in [7, 11) is 0. The number of rotatable bonds is 4. The predicted molar refractivity (Wildman–Crippen MR) is 134 cm³/mol. The summed E-state index contributed by atoms with van der Waals surface area (Å²) in [5, 5.41) is 0.972. The molecule has 3 heterocycles. The molecule has 0 atom stereocenters. The lowest BCUT2D eigenvalue weighted by Crippen LogP contribution is -2.08. The molecule has 0 saturated carbocycles. The van der Waals surface area contributed by atoms with E-state index in [9.17, 15) is 0 Å². The SMILES string of the molecule is CC(C)c1cccc(C(C)C)c1-n1c(-c2ccccc2)nc2oc3c4ccccc4oc3c21. The first-order chi connectivity index (χ1) is 16.0. The van der Waals surface area contributed by atoms with Gasteiger partial charge in [-0.25, -0.2) is 0 Å². The summed E-state index contributed by atoms with van der Waals surface area (Å²) in [6.07, 6.45) is 0. The fourth-order valence-electron chi connectivity index (χ4n) is 4.81. The van der Waals surface area contributed by atoms with E-state index >= 15 is 0 Å². The fourth-order valence-corrected chi connectivity index (χ4v) is 4.81. The highest BCUT2D eigenvalue weighted by Crippen LogP contribution is 2.42. The standard InChI is InChI=1S/C29H26N2O2/c1-17(2)20-14-10-15-21(18(3)4)24(20)31-25-27-26(22-13-8-9-16-23(22)32-27)33-29(25)30-28(31)19-11-6-5-7-12-19/h5-18H,1-4H3. The van der Waals surface area contributed by atoms with Gasteiger partial charge in [0.15, 0.2) is 16.7 Å². The van der Waals surface area contributed by atoms with Crippen molar-refractivity contribution in [3.8, 4) is 17.1 Å². The Morgan fingerprint density at radius 1 is 0.697 bits per heavy atom. The summed E-state index contributed by atoms with van der Waals surface area (Å²) in [5.74, 6) is 1.55. The van der Waals surface area contributed by atoms with Gasteiger partial charge in [-0.2, -0.15) is 4.98 Å². The Kier molecular flexibility index (Phi) is 4.44. The van der Waals surface area contributed by atoms with Crippen LogP contribution in [0.5, 0.6) is 0 Å². The minimum absolute atomic E-state index is 0.345. The Labute approximate surface area is 192 Å². The van der Waals surface area contributed by atoms with Crippen LogP contribution in [-0.4, -0.2) is 9.55 Å². The summed E-state index contributed by atoms with van der Waals surface area (Å²) in [4.78, 5) is 5.01. The molecular weight excluding hydrogens is 408 g/mol. The topological polar surface area (TPSA) is 44.1 Å².